The number of fused-ring (bicyclic) bond motifs is 1. The molecule has 4 heteroatoms. The average Bonchev–Trinajstić information content (AvgIpc) is 2.91. The summed E-state index contributed by atoms with van der Waals surface area (Å²) in [5, 5.41) is 8.38. The summed E-state index contributed by atoms with van der Waals surface area (Å²) in [6.07, 6.45) is 0. The fraction of sp³-hybridized carbons (Fsp3) is 0.250. The van der Waals surface area contributed by atoms with Gasteiger partial charge in [-0.15, -0.1) is 5.10 Å². The van der Waals surface area contributed by atoms with Gasteiger partial charge in [0.25, 0.3) is 0 Å². The third-order valence-corrected chi connectivity index (χ3v) is 3.65. The average molecular weight is 266 g/mol. The second-order valence-corrected chi connectivity index (χ2v) is 5.11. The van der Waals surface area contributed by atoms with Crippen molar-refractivity contribution >= 4 is 11.0 Å². The molecule has 0 bridgehead atoms. The second-order valence-electron chi connectivity index (χ2n) is 5.11. The van der Waals surface area contributed by atoms with Gasteiger partial charge in [-0.05, 0) is 35.7 Å². The molecule has 0 amide bonds. The van der Waals surface area contributed by atoms with Crippen LogP contribution >= 0.6 is 0 Å². The molecule has 0 aliphatic rings. The van der Waals surface area contributed by atoms with E-state index in [0.29, 0.717) is 12.5 Å². The largest absolute Gasteiger partial charge is 0.330 e. The molecule has 4 nitrogen and oxygen atoms in total. The zero-order valence-corrected chi connectivity index (χ0v) is 11.5. The minimum absolute atomic E-state index is 0.399. The maximum atomic E-state index is 5.69. The van der Waals surface area contributed by atoms with Crippen molar-refractivity contribution in [3.63, 3.8) is 0 Å². The molecule has 0 fully saturated rings. The van der Waals surface area contributed by atoms with Crippen molar-refractivity contribution in [2.75, 3.05) is 6.54 Å². The summed E-state index contributed by atoms with van der Waals surface area (Å²) in [4.78, 5) is 0. The first kappa shape index (κ1) is 12.8. The van der Waals surface area contributed by atoms with E-state index in [1.54, 1.807) is 0 Å². The van der Waals surface area contributed by atoms with E-state index in [2.05, 4.69) is 41.5 Å². The summed E-state index contributed by atoms with van der Waals surface area (Å²) in [5.74, 6) is 0.399. The lowest BCUT2D eigenvalue weighted by Crippen LogP contribution is -2.09. The van der Waals surface area contributed by atoms with E-state index in [9.17, 15) is 0 Å². The van der Waals surface area contributed by atoms with Crippen molar-refractivity contribution in [1.82, 2.24) is 15.0 Å². The summed E-state index contributed by atoms with van der Waals surface area (Å²) in [6, 6.07) is 16.6. The Bertz CT molecular complexity index is 700. The number of rotatable bonds is 4. The van der Waals surface area contributed by atoms with Gasteiger partial charge < -0.3 is 5.73 Å². The Morgan fingerprint density at radius 2 is 1.85 bits per heavy atom. The monoisotopic (exact) mass is 266 g/mol. The number of para-hydroxylation sites is 1. The van der Waals surface area contributed by atoms with Crippen LogP contribution in [0.15, 0.2) is 48.5 Å². The molecule has 1 unspecified atom stereocenters. The molecule has 0 spiro atoms. The van der Waals surface area contributed by atoms with Crippen LogP contribution in [0.25, 0.3) is 11.0 Å². The highest BCUT2D eigenvalue weighted by Gasteiger charge is 2.06. The van der Waals surface area contributed by atoms with Crippen LogP contribution in [0.1, 0.15) is 24.0 Å². The summed E-state index contributed by atoms with van der Waals surface area (Å²) in [6.45, 7) is 3.55. The van der Waals surface area contributed by atoms with E-state index in [1.165, 1.54) is 11.1 Å². The Morgan fingerprint density at radius 1 is 1.10 bits per heavy atom. The van der Waals surface area contributed by atoms with E-state index in [4.69, 9.17) is 5.73 Å². The molecule has 3 rings (SSSR count). The Kier molecular flexibility index (Phi) is 3.48. The molecule has 1 aromatic heterocycles. The van der Waals surface area contributed by atoms with E-state index in [0.717, 1.165) is 17.6 Å². The Balaban J connectivity index is 1.84. The van der Waals surface area contributed by atoms with Gasteiger partial charge in [-0.1, -0.05) is 48.5 Å². The minimum Gasteiger partial charge on any atom is -0.330 e. The molecule has 1 heterocycles. The summed E-state index contributed by atoms with van der Waals surface area (Å²) in [7, 11) is 0. The number of benzene rings is 2. The van der Waals surface area contributed by atoms with Gasteiger partial charge in [0.05, 0.1) is 12.1 Å². The third kappa shape index (κ3) is 2.42. The number of hydrogen-bond donors (Lipinski definition) is 1. The van der Waals surface area contributed by atoms with Gasteiger partial charge in [0, 0.05) is 0 Å². The van der Waals surface area contributed by atoms with E-state index >= 15 is 0 Å². The number of aromatic nitrogens is 3. The smallest absolute Gasteiger partial charge is 0.113 e. The predicted octanol–water partition coefficient (Wildman–Crippen LogP) is 2.54. The van der Waals surface area contributed by atoms with E-state index < -0.39 is 0 Å². The number of nitrogens with zero attached hydrogens (tertiary/aromatic N) is 3. The molecular formula is C16H18N4. The highest BCUT2D eigenvalue weighted by molar-refractivity contribution is 5.73. The van der Waals surface area contributed by atoms with Crippen LogP contribution in [-0.4, -0.2) is 21.5 Å². The Hall–Kier alpha value is -2.20. The summed E-state index contributed by atoms with van der Waals surface area (Å²) >= 11 is 0. The standard InChI is InChI=1S/C16H18N4/c1-12(10-17)14-8-6-13(7-9-14)11-20-16-5-3-2-4-15(16)18-19-20/h2-9,12H,10-11,17H2,1H3. The Morgan fingerprint density at radius 3 is 2.60 bits per heavy atom. The van der Waals surface area contributed by atoms with Crippen molar-refractivity contribution in [2.24, 2.45) is 5.73 Å². The zero-order chi connectivity index (χ0) is 13.9. The van der Waals surface area contributed by atoms with E-state index in [-0.39, 0.29) is 0 Å². The predicted molar refractivity (Wildman–Crippen MR) is 80.5 cm³/mol. The maximum Gasteiger partial charge on any atom is 0.113 e. The molecule has 0 aliphatic heterocycles. The number of hydrogen-bond acceptors (Lipinski definition) is 3. The van der Waals surface area contributed by atoms with Crippen LogP contribution in [0, 0.1) is 0 Å². The van der Waals surface area contributed by atoms with Gasteiger partial charge in [0.1, 0.15) is 5.52 Å². The summed E-state index contributed by atoms with van der Waals surface area (Å²) in [5.41, 5.74) is 10.2. The second kappa shape index (κ2) is 5.43. The minimum atomic E-state index is 0.399. The van der Waals surface area contributed by atoms with Crippen molar-refractivity contribution < 1.29 is 0 Å². The van der Waals surface area contributed by atoms with Crippen molar-refractivity contribution in [3.05, 3.63) is 59.7 Å². The lowest BCUT2D eigenvalue weighted by atomic mass is 10.0. The lowest BCUT2D eigenvalue weighted by molar-refractivity contribution is 0.669. The molecule has 0 aliphatic carbocycles. The van der Waals surface area contributed by atoms with Crippen LogP contribution in [0.3, 0.4) is 0 Å². The molecule has 0 saturated heterocycles. The van der Waals surface area contributed by atoms with Gasteiger partial charge in [-0.25, -0.2) is 4.68 Å². The highest BCUT2D eigenvalue weighted by Crippen LogP contribution is 2.16. The quantitative estimate of drug-likeness (QED) is 0.789. The third-order valence-electron chi connectivity index (χ3n) is 3.65. The van der Waals surface area contributed by atoms with Crippen LogP contribution in [0.4, 0.5) is 0 Å². The van der Waals surface area contributed by atoms with Crippen molar-refractivity contribution in [3.8, 4) is 0 Å². The lowest BCUT2D eigenvalue weighted by Gasteiger charge is -2.09. The van der Waals surface area contributed by atoms with Gasteiger partial charge >= 0.3 is 0 Å². The van der Waals surface area contributed by atoms with Gasteiger partial charge in [0.2, 0.25) is 0 Å². The molecule has 2 aromatic carbocycles. The normalized spacial score (nSPS) is 12.7. The van der Waals surface area contributed by atoms with Crippen molar-refractivity contribution in [2.45, 2.75) is 19.4 Å². The van der Waals surface area contributed by atoms with Gasteiger partial charge in [-0.3, -0.25) is 0 Å². The fourth-order valence-corrected chi connectivity index (χ4v) is 2.29. The SMILES string of the molecule is CC(CN)c1ccc(Cn2nnc3ccccc32)cc1. The first-order valence-corrected chi connectivity index (χ1v) is 6.85. The molecule has 1 atom stereocenters. The van der Waals surface area contributed by atoms with Gasteiger partial charge in [0.15, 0.2) is 0 Å². The fourth-order valence-electron chi connectivity index (χ4n) is 2.29. The molecule has 0 saturated carbocycles. The molecule has 3 aromatic rings. The van der Waals surface area contributed by atoms with Crippen LogP contribution in [0.2, 0.25) is 0 Å². The molecular weight excluding hydrogens is 248 g/mol. The summed E-state index contributed by atoms with van der Waals surface area (Å²) < 4.78 is 1.93. The van der Waals surface area contributed by atoms with E-state index in [1.807, 2.05) is 28.9 Å². The van der Waals surface area contributed by atoms with Crippen LogP contribution in [-0.2, 0) is 6.54 Å². The first-order chi connectivity index (χ1) is 9.78. The zero-order valence-electron chi connectivity index (χ0n) is 11.5. The van der Waals surface area contributed by atoms with Crippen LogP contribution < -0.4 is 5.73 Å². The maximum absolute atomic E-state index is 5.69. The first-order valence-electron chi connectivity index (χ1n) is 6.85. The highest BCUT2D eigenvalue weighted by atomic mass is 15.4. The Labute approximate surface area is 118 Å². The van der Waals surface area contributed by atoms with Crippen LogP contribution in [0.5, 0.6) is 0 Å². The topological polar surface area (TPSA) is 56.7 Å². The molecule has 0 radical (unpaired) electrons. The van der Waals surface area contributed by atoms with Crippen molar-refractivity contribution in [1.29, 1.82) is 0 Å². The van der Waals surface area contributed by atoms with Gasteiger partial charge in [-0.2, -0.15) is 0 Å². The molecule has 2 N–H and O–H groups in total. The molecule has 102 valence electrons. The number of nitrogens with two attached hydrogens (primary N) is 1. The molecule has 20 heavy (non-hydrogen) atoms.